The SMILES string of the molecule is CCc1cc(-c2ccc(Cl)cc2Cl)ccc1C1C(=O)[C@@H]2CC[C@@](C)(O2)C1O. The van der Waals surface area contributed by atoms with Crippen molar-refractivity contribution >= 4 is 29.0 Å². The highest BCUT2D eigenvalue weighted by molar-refractivity contribution is 6.36. The summed E-state index contributed by atoms with van der Waals surface area (Å²) in [5, 5.41) is 12.1. The first-order chi connectivity index (χ1) is 12.8. The number of benzene rings is 2. The Hall–Kier alpha value is -1.39. The molecule has 3 nitrogen and oxygen atoms in total. The maximum absolute atomic E-state index is 12.9. The van der Waals surface area contributed by atoms with Crippen molar-refractivity contribution in [2.75, 3.05) is 0 Å². The van der Waals surface area contributed by atoms with Gasteiger partial charge in [0, 0.05) is 15.6 Å². The second-order valence-corrected chi connectivity index (χ2v) is 8.52. The first kappa shape index (κ1) is 18.9. The van der Waals surface area contributed by atoms with Crippen molar-refractivity contribution in [3.63, 3.8) is 0 Å². The number of ketones is 1. The topological polar surface area (TPSA) is 46.5 Å². The van der Waals surface area contributed by atoms with E-state index in [0.29, 0.717) is 22.9 Å². The van der Waals surface area contributed by atoms with E-state index >= 15 is 0 Å². The molecule has 4 rings (SSSR count). The van der Waals surface area contributed by atoms with Gasteiger partial charge in [-0.1, -0.05) is 54.4 Å². The highest BCUT2D eigenvalue weighted by Gasteiger charge is 2.55. The van der Waals surface area contributed by atoms with Crippen molar-refractivity contribution in [3.8, 4) is 11.1 Å². The van der Waals surface area contributed by atoms with Crippen molar-refractivity contribution in [2.24, 2.45) is 0 Å². The van der Waals surface area contributed by atoms with Crippen LogP contribution in [-0.4, -0.2) is 28.7 Å². The van der Waals surface area contributed by atoms with Crippen molar-refractivity contribution in [2.45, 2.75) is 56.8 Å². The first-order valence-electron chi connectivity index (χ1n) is 9.32. The number of hydrogen-bond donors (Lipinski definition) is 1. The fourth-order valence-corrected chi connectivity index (χ4v) is 4.93. The van der Waals surface area contributed by atoms with Crippen LogP contribution < -0.4 is 0 Å². The molecule has 4 atom stereocenters. The monoisotopic (exact) mass is 404 g/mol. The van der Waals surface area contributed by atoms with Crippen molar-refractivity contribution in [3.05, 3.63) is 57.6 Å². The third kappa shape index (κ3) is 3.11. The molecule has 2 saturated heterocycles. The largest absolute Gasteiger partial charge is 0.389 e. The van der Waals surface area contributed by atoms with Crippen LogP contribution in [0.5, 0.6) is 0 Å². The van der Waals surface area contributed by atoms with Crippen molar-refractivity contribution < 1.29 is 14.6 Å². The van der Waals surface area contributed by atoms with Crippen LogP contribution in [0.15, 0.2) is 36.4 Å². The van der Waals surface area contributed by atoms with Gasteiger partial charge in [-0.15, -0.1) is 0 Å². The molecule has 2 aliphatic heterocycles. The predicted octanol–water partition coefficient (Wildman–Crippen LogP) is 5.19. The zero-order valence-electron chi connectivity index (χ0n) is 15.3. The zero-order valence-corrected chi connectivity index (χ0v) is 16.8. The number of aliphatic hydroxyl groups excluding tert-OH is 1. The Morgan fingerprint density at radius 1 is 1.22 bits per heavy atom. The number of carbonyl (C=O) groups is 1. The third-order valence-electron chi connectivity index (χ3n) is 5.98. The molecule has 27 heavy (non-hydrogen) atoms. The van der Waals surface area contributed by atoms with E-state index in [1.54, 1.807) is 6.07 Å². The third-order valence-corrected chi connectivity index (χ3v) is 6.53. The maximum atomic E-state index is 12.9. The Morgan fingerprint density at radius 3 is 2.70 bits per heavy atom. The molecule has 0 aliphatic carbocycles. The van der Waals surface area contributed by atoms with Gasteiger partial charge in [-0.2, -0.15) is 0 Å². The van der Waals surface area contributed by atoms with Crippen molar-refractivity contribution in [1.82, 2.24) is 0 Å². The second kappa shape index (κ2) is 6.89. The van der Waals surface area contributed by atoms with E-state index in [1.807, 2.05) is 31.2 Å². The smallest absolute Gasteiger partial charge is 0.171 e. The van der Waals surface area contributed by atoms with Crippen LogP contribution in [-0.2, 0) is 16.0 Å². The summed E-state index contributed by atoms with van der Waals surface area (Å²) >= 11 is 12.4. The maximum Gasteiger partial charge on any atom is 0.171 e. The van der Waals surface area contributed by atoms with Crippen molar-refractivity contribution in [1.29, 1.82) is 0 Å². The molecule has 2 aromatic rings. The molecular formula is C22H22Cl2O3. The summed E-state index contributed by atoms with van der Waals surface area (Å²) in [4.78, 5) is 12.9. The summed E-state index contributed by atoms with van der Waals surface area (Å²) in [7, 11) is 0. The Bertz CT molecular complexity index is 910. The fraction of sp³-hybridized carbons (Fsp3) is 0.409. The number of aliphatic hydroxyl groups is 1. The lowest BCUT2D eigenvalue weighted by Crippen LogP contribution is -2.52. The van der Waals surface area contributed by atoms with Crippen LogP contribution in [0, 0.1) is 0 Å². The number of hydrogen-bond acceptors (Lipinski definition) is 3. The number of fused-ring (bicyclic) bond motifs is 2. The van der Waals surface area contributed by atoms with E-state index in [4.69, 9.17) is 27.9 Å². The number of ether oxygens (including phenoxy) is 1. The molecule has 0 saturated carbocycles. The fourth-order valence-electron chi connectivity index (χ4n) is 4.42. The lowest BCUT2D eigenvalue weighted by molar-refractivity contribution is -0.170. The summed E-state index contributed by atoms with van der Waals surface area (Å²) in [5.74, 6) is -0.551. The van der Waals surface area contributed by atoms with Crippen LogP contribution in [0.1, 0.15) is 43.7 Å². The van der Waals surface area contributed by atoms with Crippen LogP contribution in [0.3, 0.4) is 0 Å². The minimum absolute atomic E-state index is 0.00977. The van der Waals surface area contributed by atoms with Gasteiger partial charge in [0.1, 0.15) is 6.10 Å². The predicted molar refractivity (Wildman–Crippen MR) is 108 cm³/mol. The van der Waals surface area contributed by atoms with Gasteiger partial charge in [-0.3, -0.25) is 4.79 Å². The molecule has 0 amide bonds. The Kier molecular flexibility index (Phi) is 4.84. The molecule has 1 N–H and O–H groups in total. The van der Waals surface area contributed by atoms with Gasteiger partial charge in [-0.25, -0.2) is 0 Å². The molecule has 2 heterocycles. The summed E-state index contributed by atoms with van der Waals surface area (Å²) in [6, 6.07) is 11.4. The van der Waals surface area contributed by atoms with E-state index in [0.717, 1.165) is 28.7 Å². The molecule has 0 aromatic heterocycles. The molecule has 5 heteroatoms. The molecule has 2 unspecified atom stereocenters. The number of carbonyl (C=O) groups excluding carboxylic acids is 1. The van der Waals surface area contributed by atoms with Crippen LogP contribution in [0.4, 0.5) is 0 Å². The average Bonchev–Trinajstić information content (AvgIpc) is 3.02. The highest BCUT2D eigenvalue weighted by Crippen LogP contribution is 2.46. The molecule has 0 radical (unpaired) electrons. The molecule has 2 aromatic carbocycles. The van der Waals surface area contributed by atoms with Gasteiger partial charge >= 0.3 is 0 Å². The van der Waals surface area contributed by atoms with Crippen LogP contribution in [0.2, 0.25) is 10.0 Å². The molecule has 2 fully saturated rings. The van der Waals surface area contributed by atoms with Gasteiger partial charge in [-0.05, 0) is 55.0 Å². The molecule has 2 bridgehead atoms. The van der Waals surface area contributed by atoms with Gasteiger partial charge in [0.05, 0.1) is 17.6 Å². The summed E-state index contributed by atoms with van der Waals surface area (Å²) < 4.78 is 5.83. The molecular weight excluding hydrogens is 383 g/mol. The van der Waals surface area contributed by atoms with E-state index in [1.165, 1.54) is 0 Å². The van der Waals surface area contributed by atoms with Crippen LogP contribution >= 0.6 is 23.2 Å². The van der Waals surface area contributed by atoms with E-state index in [9.17, 15) is 9.90 Å². The zero-order chi connectivity index (χ0) is 19.3. The lowest BCUT2D eigenvalue weighted by Gasteiger charge is -2.40. The van der Waals surface area contributed by atoms with E-state index < -0.39 is 23.7 Å². The molecule has 0 spiro atoms. The van der Waals surface area contributed by atoms with Gasteiger partial charge in [0.15, 0.2) is 5.78 Å². The minimum Gasteiger partial charge on any atom is -0.389 e. The standard InChI is InChI=1S/C22H22Cl2O3/c1-3-12-10-13(15-7-5-14(23)11-17(15)24)4-6-16(12)19-20(25)18-8-9-22(2,27-18)21(19)26/h4-7,10-11,18-19,21,26H,3,8-9H2,1-2H3/t18-,19?,21?,22+/m0/s1. The lowest BCUT2D eigenvalue weighted by atomic mass is 9.77. The number of rotatable bonds is 3. The van der Waals surface area contributed by atoms with Gasteiger partial charge in [0.2, 0.25) is 0 Å². The molecule has 2 aliphatic rings. The van der Waals surface area contributed by atoms with Crippen LogP contribution in [0.25, 0.3) is 11.1 Å². The normalized spacial score (nSPS) is 30.0. The van der Waals surface area contributed by atoms with E-state index in [2.05, 4.69) is 13.0 Å². The number of Topliss-reactive ketones (excluding diaryl/α,β-unsaturated/α-hetero) is 1. The Balaban J connectivity index is 1.77. The number of aryl methyl sites for hydroxylation is 1. The molecule has 142 valence electrons. The Morgan fingerprint density at radius 2 is 2.00 bits per heavy atom. The van der Waals surface area contributed by atoms with Gasteiger partial charge in [0.25, 0.3) is 0 Å². The second-order valence-electron chi connectivity index (χ2n) is 7.67. The number of halogens is 2. The van der Waals surface area contributed by atoms with Gasteiger partial charge < -0.3 is 9.84 Å². The Labute approximate surface area is 169 Å². The summed E-state index contributed by atoms with van der Waals surface area (Å²) in [6.45, 7) is 3.96. The summed E-state index contributed by atoms with van der Waals surface area (Å²) in [6.07, 6.45) is 0.911. The highest BCUT2D eigenvalue weighted by atomic mass is 35.5. The first-order valence-corrected chi connectivity index (χ1v) is 10.1. The summed E-state index contributed by atoms with van der Waals surface area (Å²) in [5.41, 5.74) is 3.16. The average molecular weight is 405 g/mol. The van der Waals surface area contributed by atoms with E-state index in [-0.39, 0.29) is 5.78 Å². The quantitative estimate of drug-likeness (QED) is 0.765. The minimum atomic E-state index is -0.834.